The van der Waals surface area contributed by atoms with Gasteiger partial charge in [-0.2, -0.15) is 5.10 Å². The number of aromatic nitrogens is 3. The van der Waals surface area contributed by atoms with E-state index in [0.717, 1.165) is 37.1 Å². The lowest BCUT2D eigenvalue weighted by Crippen LogP contribution is -2.33. The third-order valence-electron chi connectivity index (χ3n) is 5.37. The minimum Gasteiger partial charge on any atom is -0.328 e. The van der Waals surface area contributed by atoms with E-state index < -0.39 is 0 Å². The molecular weight excluding hydrogens is 302 g/mol. The molecular formula is C18H23N5O. The third-order valence-corrected chi connectivity index (χ3v) is 5.37. The Balaban J connectivity index is 1.60. The van der Waals surface area contributed by atoms with Crippen molar-refractivity contribution in [1.29, 1.82) is 0 Å². The summed E-state index contributed by atoms with van der Waals surface area (Å²) in [6, 6.07) is 4.26. The predicted octanol–water partition coefficient (Wildman–Crippen LogP) is 2.27. The van der Waals surface area contributed by atoms with Crippen LogP contribution in [0.3, 0.4) is 0 Å². The van der Waals surface area contributed by atoms with Crippen LogP contribution in [0.5, 0.6) is 0 Å². The fourth-order valence-electron chi connectivity index (χ4n) is 4.05. The highest BCUT2D eigenvalue weighted by atomic mass is 16.1. The van der Waals surface area contributed by atoms with Gasteiger partial charge in [-0.25, -0.2) is 4.68 Å². The third kappa shape index (κ3) is 2.94. The molecule has 1 amide bonds. The number of hydrogen-bond donors (Lipinski definition) is 2. The van der Waals surface area contributed by atoms with Crippen molar-refractivity contribution in [2.75, 3.05) is 5.32 Å². The first kappa shape index (κ1) is 15.3. The van der Waals surface area contributed by atoms with Gasteiger partial charge in [-0.1, -0.05) is 6.07 Å². The summed E-state index contributed by atoms with van der Waals surface area (Å²) < 4.78 is 1.88. The molecule has 126 valence electrons. The lowest BCUT2D eigenvalue weighted by Gasteiger charge is -2.34. The van der Waals surface area contributed by atoms with Crippen molar-refractivity contribution in [2.45, 2.75) is 50.6 Å². The van der Waals surface area contributed by atoms with E-state index in [1.165, 1.54) is 5.56 Å². The molecule has 0 spiro atoms. The minimum absolute atomic E-state index is 0.0929. The smallest absolute Gasteiger partial charge is 0.226 e. The monoisotopic (exact) mass is 325 g/mol. The molecule has 4 rings (SSSR count). The highest BCUT2D eigenvalue weighted by molar-refractivity contribution is 5.93. The van der Waals surface area contributed by atoms with Gasteiger partial charge in [0.05, 0.1) is 12.7 Å². The quantitative estimate of drug-likeness (QED) is 0.906. The predicted molar refractivity (Wildman–Crippen MR) is 91.5 cm³/mol. The largest absolute Gasteiger partial charge is 0.328 e. The van der Waals surface area contributed by atoms with Gasteiger partial charge in [0.15, 0.2) is 0 Å². The molecule has 0 aromatic carbocycles. The zero-order chi connectivity index (χ0) is 16.5. The summed E-state index contributed by atoms with van der Waals surface area (Å²) >= 11 is 0. The number of fused-ring (bicyclic) bond motifs is 1. The molecule has 1 saturated carbocycles. The molecule has 1 unspecified atom stereocenters. The van der Waals surface area contributed by atoms with E-state index in [-0.39, 0.29) is 11.8 Å². The summed E-state index contributed by atoms with van der Waals surface area (Å²) in [4.78, 5) is 16.4. The molecule has 3 N–H and O–H groups in total. The number of amides is 1. The van der Waals surface area contributed by atoms with Gasteiger partial charge in [0.2, 0.25) is 5.91 Å². The van der Waals surface area contributed by atoms with Gasteiger partial charge in [-0.05, 0) is 43.2 Å². The van der Waals surface area contributed by atoms with Gasteiger partial charge in [-0.15, -0.1) is 0 Å². The van der Waals surface area contributed by atoms with Gasteiger partial charge in [-0.3, -0.25) is 9.78 Å². The van der Waals surface area contributed by atoms with Crippen LogP contribution in [0, 0.1) is 5.92 Å². The van der Waals surface area contributed by atoms with Crippen molar-refractivity contribution in [3.8, 4) is 0 Å². The van der Waals surface area contributed by atoms with Gasteiger partial charge in [0, 0.05) is 36.3 Å². The maximum Gasteiger partial charge on any atom is 0.226 e. The fraction of sp³-hybridized carbons (Fsp3) is 0.500. The molecule has 2 aliphatic rings. The molecule has 1 aliphatic carbocycles. The van der Waals surface area contributed by atoms with Crippen LogP contribution in [0.1, 0.15) is 49.1 Å². The second-order valence-corrected chi connectivity index (χ2v) is 7.00. The van der Waals surface area contributed by atoms with Crippen LogP contribution in [0.15, 0.2) is 30.7 Å². The Bertz CT molecular complexity index is 718. The van der Waals surface area contributed by atoms with Crippen molar-refractivity contribution < 1.29 is 4.79 Å². The molecule has 0 radical (unpaired) electrons. The molecule has 2 aromatic heterocycles. The van der Waals surface area contributed by atoms with Gasteiger partial charge < -0.3 is 11.1 Å². The van der Waals surface area contributed by atoms with Crippen LogP contribution in [0.4, 0.5) is 5.82 Å². The fourth-order valence-corrected chi connectivity index (χ4v) is 4.05. The number of rotatable bonds is 3. The van der Waals surface area contributed by atoms with Crippen LogP contribution in [-0.4, -0.2) is 26.7 Å². The van der Waals surface area contributed by atoms with E-state index >= 15 is 0 Å². The number of pyridine rings is 1. The topological polar surface area (TPSA) is 85.8 Å². The Morgan fingerprint density at radius 3 is 2.83 bits per heavy atom. The zero-order valence-corrected chi connectivity index (χ0v) is 13.7. The Labute approximate surface area is 141 Å². The number of anilines is 1. The number of nitrogens with one attached hydrogen (secondary N) is 1. The molecule has 1 fully saturated rings. The SMILES string of the molecule is NC1CCC(C2CC(=O)Nc3c2cnn3Cc2cccnc2)CC1. The van der Waals surface area contributed by atoms with E-state index in [9.17, 15) is 4.79 Å². The highest BCUT2D eigenvalue weighted by Gasteiger charge is 2.35. The Morgan fingerprint density at radius 1 is 1.25 bits per heavy atom. The van der Waals surface area contributed by atoms with E-state index in [0.29, 0.717) is 24.9 Å². The van der Waals surface area contributed by atoms with E-state index in [2.05, 4.69) is 15.4 Å². The van der Waals surface area contributed by atoms with Crippen molar-refractivity contribution in [3.05, 3.63) is 41.9 Å². The highest BCUT2D eigenvalue weighted by Crippen LogP contribution is 2.43. The van der Waals surface area contributed by atoms with E-state index in [1.54, 1.807) is 6.20 Å². The number of hydrogen-bond acceptors (Lipinski definition) is 4. The second kappa shape index (κ2) is 6.36. The molecule has 0 saturated heterocycles. The lowest BCUT2D eigenvalue weighted by molar-refractivity contribution is -0.117. The van der Waals surface area contributed by atoms with Crippen molar-refractivity contribution in [3.63, 3.8) is 0 Å². The van der Waals surface area contributed by atoms with Crippen LogP contribution in [-0.2, 0) is 11.3 Å². The van der Waals surface area contributed by atoms with Crippen molar-refractivity contribution >= 4 is 11.7 Å². The standard InChI is InChI=1S/C18H23N5O/c19-14-5-3-13(4-6-14)15-8-17(24)22-18-16(15)10-21-23(18)11-12-2-1-7-20-9-12/h1-2,7,9-10,13-15H,3-6,8,11,19H2,(H,22,24). The Morgan fingerprint density at radius 2 is 2.08 bits per heavy atom. The Kier molecular flexibility index (Phi) is 4.06. The second-order valence-electron chi connectivity index (χ2n) is 7.00. The summed E-state index contributed by atoms with van der Waals surface area (Å²) in [5, 5.41) is 7.56. The first-order chi connectivity index (χ1) is 11.7. The average Bonchev–Trinajstić information content (AvgIpc) is 2.99. The number of carbonyl (C=O) groups excluding carboxylic acids is 1. The van der Waals surface area contributed by atoms with E-state index in [4.69, 9.17) is 5.73 Å². The molecule has 3 heterocycles. The number of nitrogens with zero attached hydrogens (tertiary/aromatic N) is 3. The van der Waals surface area contributed by atoms with Crippen molar-refractivity contribution in [1.82, 2.24) is 14.8 Å². The van der Waals surface area contributed by atoms with Crippen molar-refractivity contribution in [2.24, 2.45) is 11.7 Å². The summed E-state index contributed by atoms with van der Waals surface area (Å²) in [5.41, 5.74) is 8.29. The molecule has 1 atom stereocenters. The molecule has 1 aliphatic heterocycles. The molecule has 0 bridgehead atoms. The number of nitrogens with two attached hydrogens (primary N) is 1. The molecule has 6 heteroatoms. The lowest BCUT2D eigenvalue weighted by atomic mass is 9.73. The van der Waals surface area contributed by atoms with Crippen LogP contribution in [0.2, 0.25) is 0 Å². The van der Waals surface area contributed by atoms with Gasteiger partial charge in [0.1, 0.15) is 5.82 Å². The normalized spacial score (nSPS) is 26.7. The van der Waals surface area contributed by atoms with Crippen LogP contribution < -0.4 is 11.1 Å². The summed E-state index contributed by atoms with van der Waals surface area (Å²) in [6.07, 6.45) is 10.4. The minimum atomic E-state index is 0.0929. The molecule has 2 aromatic rings. The maximum absolute atomic E-state index is 12.3. The summed E-state index contributed by atoms with van der Waals surface area (Å²) in [5.74, 6) is 1.75. The first-order valence-corrected chi connectivity index (χ1v) is 8.70. The first-order valence-electron chi connectivity index (χ1n) is 8.70. The summed E-state index contributed by atoms with van der Waals surface area (Å²) in [7, 11) is 0. The average molecular weight is 325 g/mol. The molecule has 6 nitrogen and oxygen atoms in total. The van der Waals surface area contributed by atoms with Crippen LogP contribution in [0.25, 0.3) is 0 Å². The summed E-state index contributed by atoms with van der Waals surface area (Å²) in [6.45, 7) is 0.617. The zero-order valence-electron chi connectivity index (χ0n) is 13.7. The Hall–Kier alpha value is -2.21. The number of carbonyl (C=O) groups is 1. The van der Waals surface area contributed by atoms with Gasteiger partial charge >= 0.3 is 0 Å². The maximum atomic E-state index is 12.3. The van der Waals surface area contributed by atoms with Gasteiger partial charge in [0.25, 0.3) is 0 Å². The van der Waals surface area contributed by atoms with Crippen LogP contribution >= 0.6 is 0 Å². The van der Waals surface area contributed by atoms with E-state index in [1.807, 2.05) is 29.2 Å². The molecule has 24 heavy (non-hydrogen) atoms.